The van der Waals surface area contributed by atoms with E-state index in [2.05, 4.69) is 0 Å². The first-order chi connectivity index (χ1) is 10.5. The van der Waals surface area contributed by atoms with Gasteiger partial charge in [-0.25, -0.2) is 0 Å². The summed E-state index contributed by atoms with van der Waals surface area (Å²) in [6.07, 6.45) is 3.29. The molecule has 0 radical (unpaired) electrons. The van der Waals surface area contributed by atoms with Crippen molar-refractivity contribution in [2.45, 2.75) is 31.7 Å². The van der Waals surface area contributed by atoms with Gasteiger partial charge < -0.3 is 9.64 Å². The van der Waals surface area contributed by atoms with Crippen LogP contribution in [0.25, 0.3) is 0 Å². The van der Waals surface area contributed by atoms with E-state index in [0.29, 0.717) is 11.4 Å². The predicted molar refractivity (Wildman–Crippen MR) is 83.4 cm³/mol. The molecule has 1 heterocycles. The standard InChI is InChI=1S/C17H20ClNO3/c1-19-14(11-7-3-4-9-13(11)18)17(16(21)22-2)10-6-5-8-12(17)15(19)20/h3-4,7,9,12,14H,5-6,8,10H2,1-2H3. The van der Waals surface area contributed by atoms with Crippen LogP contribution in [0.1, 0.15) is 37.3 Å². The Morgan fingerprint density at radius 2 is 2.09 bits per heavy atom. The molecule has 1 aliphatic carbocycles. The molecule has 1 aliphatic heterocycles. The number of fused-ring (bicyclic) bond motifs is 1. The average Bonchev–Trinajstić information content (AvgIpc) is 2.77. The van der Waals surface area contributed by atoms with Crippen LogP contribution < -0.4 is 0 Å². The van der Waals surface area contributed by atoms with Crippen LogP contribution in [-0.4, -0.2) is 30.9 Å². The number of carbonyl (C=O) groups excluding carboxylic acids is 2. The lowest BCUT2D eigenvalue weighted by atomic mass is 9.63. The second kappa shape index (κ2) is 5.58. The number of hydrogen-bond acceptors (Lipinski definition) is 3. The third-order valence-corrected chi connectivity index (χ3v) is 5.59. The van der Waals surface area contributed by atoms with E-state index in [1.165, 1.54) is 7.11 Å². The minimum atomic E-state index is -0.816. The van der Waals surface area contributed by atoms with Crippen LogP contribution in [0.2, 0.25) is 5.02 Å². The lowest BCUT2D eigenvalue weighted by molar-refractivity contribution is -0.160. The molecule has 0 spiro atoms. The summed E-state index contributed by atoms with van der Waals surface area (Å²) in [4.78, 5) is 27.1. The fraction of sp³-hybridized carbons (Fsp3) is 0.529. The van der Waals surface area contributed by atoms with E-state index in [9.17, 15) is 9.59 Å². The maximum absolute atomic E-state index is 12.7. The fourth-order valence-corrected chi connectivity index (χ4v) is 4.56. The number of ether oxygens (including phenoxy) is 1. The molecule has 4 nitrogen and oxygen atoms in total. The molecule has 118 valence electrons. The molecule has 1 amide bonds. The Bertz CT molecular complexity index is 618. The maximum atomic E-state index is 12.7. The molecular formula is C17H20ClNO3. The molecule has 0 N–H and O–H groups in total. The van der Waals surface area contributed by atoms with Crippen molar-refractivity contribution in [2.75, 3.05) is 14.2 Å². The van der Waals surface area contributed by atoms with Gasteiger partial charge in [-0.15, -0.1) is 0 Å². The maximum Gasteiger partial charge on any atom is 0.315 e. The van der Waals surface area contributed by atoms with Gasteiger partial charge >= 0.3 is 5.97 Å². The number of hydrogen-bond donors (Lipinski definition) is 0. The molecule has 3 atom stereocenters. The number of rotatable bonds is 2. The monoisotopic (exact) mass is 321 g/mol. The van der Waals surface area contributed by atoms with E-state index in [1.54, 1.807) is 18.0 Å². The molecule has 3 unspecified atom stereocenters. The van der Waals surface area contributed by atoms with Gasteiger partial charge in [0, 0.05) is 12.1 Å². The Morgan fingerprint density at radius 1 is 1.36 bits per heavy atom. The molecule has 1 aromatic rings. The number of carbonyl (C=O) groups is 2. The van der Waals surface area contributed by atoms with Crippen LogP contribution in [0, 0.1) is 11.3 Å². The fourth-order valence-electron chi connectivity index (χ4n) is 4.32. The molecule has 3 rings (SSSR count). The normalized spacial score (nSPS) is 31.0. The summed E-state index contributed by atoms with van der Waals surface area (Å²) < 4.78 is 5.12. The number of methoxy groups -OCH3 is 1. The zero-order chi connectivity index (χ0) is 15.9. The van der Waals surface area contributed by atoms with Crippen LogP contribution in [0.4, 0.5) is 0 Å². The zero-order valence-electron chi connectivity index (χ0n) is 12.8. The van der Waals surface area contributed by atoms with Crippen LogP contribution in [0.3, 0.4) is 0 Å². The molecule has 1 saturated carbocycles. The molecule has 2 fully saturated rings. The van der Waals surface area contributed by atoms with E-state index in [4.69, 9.17) is 16.3 Å². The summed E-state index contributed by atoms with van der Waals surface area (Å²) in [6, 6.07) is 7.09. The second-order valence-electron chi connectivity index (χ2n) is 6.20. The topological polar surface area (TPSA) is 46.6 Å². The van der Waals surface area contributed by atoms with Crippen LogP contribution in [0.5, 0.6) is 0 Å². The Balaban J connectivity index is 2.19. The first kappa shape index (κ1) is 15.3. The Labute approximate surface area is 135 Å². The molecule has 1 aromatic carbocycles. The molecule has 2 aliphatic rings. The summed E-state index contributed by atoms with van der Waals surface area (Å²) in [7, 11) is 3.16. The summed E-state index contributed by atoms with van der Waals surface area (Å²) in [5.74, 6) is -0.574. The highest BCUT2D eigenvalue weighted by atomic mass is 35.5. The predicted octanol–water partition coefficient (Wildman–Crippen LogP) is 3.20. The first-order valence-corrected chi connectivity index (χ1v) is 8.01. The number of benzene rings is 1. The summed E-state index contributed by atoms with van der Waals surface area (Å²) in [5, 5.41) is 0.585. The van der Waals surface area contributed by atoms with E-state index in [-0.39, 0.29) is 23.8 Å². The van der Waals surface area contributed by atoms with Gasteiger partial charge in [-0.1, -0.05) is 42.6 Å². The third-order valence-electron chi connectivity index (χ3n) is 5.24. The zero-order valence-corrected chi connectivity index (χ0v) is 13.6. The van der Waals surface area contributed by atoms with Crippen LogP contribution in [0.15, 0.2) is 24.3 Å². The van der Waals surface area contributed by atoms with Crippen LogP contribution in [-0.2, 0) is 14.3 Å². The third kappa shape index (κ3) is 1.97. The smallest absolute Gasteiger partial charge is 0.315 e. The van der Waals surface area contributed by atoms with E-state index < -0.39 is 5.41 Å². The highest BCUT2D eigenvalue weighted by Crippen LogP contribution is 2.58. The van der Waals surface area contributed by atoms with Gasteiger partial charge in [0.25, 0.3) is 0 Å². The first-order valence-electron chi connectivity index (χ1n) is 7.63. The molecule has 5 heteroatoms. The number of amides is 1. The highest BCUT2D eigenvalue weighted by molar-refractivity contribution is 6.31. The van der Waals surface area contributed by atoms with Crippen molar-refractivity contribution in [1.29, 1.82) is 0 Å². The van der Waals surface area contributed by atoms with E-state index in [0.717, 1.165) is 24.8 Å². The summed E-state index contributed by atoms with van der Waals surface area (Å²) in [5.41, 5.74) is 0.0129. The average molecular weight is 322 g/mol. The second-order valence-corrected chi connectivity index (χ2v) is 6.61. The van der Waals surface area contributed by atoms with Gasteiger partial charge in [0.05, 0.1) is 19.1 Å². The molecule has 0 aromatic heterocycles. The van der Waals surface area contributed by atoms with Gasteiger partial charge in [-0.3, -0.25) is 9.59 Å². The minimum absolute atomic E-state index is 0.0232. The number of esters is 1. The largest absolute Gasteiger partial charge is 0.469 e. The van der Waals surface area contributed by atoms with Crippen molar-refractivity contribution in [2.24, 2.45) is 11.3 Å². The van der Waals surface area contributed by atoms with Crippen molar-refractivity contribution in [3.63, 3.8) is 0 Å². The number of halogens is 1. The van der Waals surface area contributed by atoms with Crippen molar-refractivity contribution in [1.82, 2.24) is 4.90 Å². The lowest BCUT2D eigenvalue weighted by Crippen LogP contribution is -2.44. The number of nitrogens with zero attached hydrogens (tertiary/aromatic N) is 1. The van der Waals surface area contributed by atoms with Gasteiger partial charge in [-0.05, 0) is 24.5 Å². The van der Waals surface area contributed by atoms with E-state index in [1.807, 2.05) is 18.2 Å². The highest BCUT2D eigenvalue weighted by Gasteiger charge is 2.64. The number of likely N-dealkylation sites (tertiary alicyclic amines) is 1. The Kier molecular flexibility index (Phi) is 3.89. The Morgan fingerprint density at radius 3 is 2.77 bits per heavy atom. The Hall–Kier alpha value is -1.55. The van der Waals surface area contributed by atoms with Crippen molar-refractivity contribution in [3.05, 3.63) is 34.9 Å². The van der Waals surface area contributed by atoms with Gasteiger partial charge in [0.2, 0.25) is 5.91 Å². The van der Waals surface area contributed by atoms with Crippen molar-refractivity contribution in [3.8, 4) is 0 Å². The molecular weight excluding hydrogens is 302 g/mol. The lowest BCUT2D eigenvalue weighted by Gasteiger charge is -2.40. The van der Waals surface area contributed by atoms with Gasteiger partial charge in [0.15, 0.2) is 0 Å². The quantitative estimate of drug-likeness (QED) is 0.786. The minimum Gasteiger partial charge on any atom is -0.469 e. The van der Waals surface area contributed by atoms with Crippen molar-refractivity contribution >= 4 is 23.5 Å². The molecule has 22 heavy (non-hydrogen) atoms. The summed E-state index contributed by atoms with van der Waals surface area (Å²) >= 11 is 6.37. The van der Waals surface area contributed by atoms with Crippen LogP contribution >= 0.6 is 11.6 Å². The van der Waals surface area contributed by atoms with E-state index >= 15 is 0 Å². The van der Waals surface area contributed by atoms with Gasteiger partial charge in [0.1, 0.15) is 5.41 Å². The van der Waals surface area contributed by atoms with Gasteiger partial charge in [-0.2, -0.15) is 0 Å². The van der Waals surface area contributed by atoms with Crippen molar-refractivity contribution < 1.29 is 14.3 Å². The summed E-state index contributed by atoms with van der Waals surface area (Å²) in [6.45, 7) is 0. The molecule has 1 saturated heterocycles. The SMILES string of the molecule is COC(=O)C12CCCCC1C(=O)N(C)C2c1ccccc1Cl. The molecule has 0 bridgehead atoms.